The molecule has 90 valence electrons. The first kappa shape index (κ1) is 12.1. The van der Waals surface area contributed by atoms with Crippen molar-refractivity contribution in [2.75, 3.05) is 11.9 Å². The molecule has 0 spiro atoms. The fourth-order valence-corrected chi connectivity index (χ4v) is 1.84. The maximum Gasteiger partial charge on any atom is 0.119 e. The number of rotatable bonds is 6. The van der Waals surface area contributed by atoms with Gasteiger partial charge in [0.25, 0.3) is 0 Å². The molecule has 0 radical (unpaired) electrons. The number of aromatic nitrogens is 3. The molecular weight excluding hydrogens is 282 g/mol. The molecule has 0 N–H and O–H groups in total. The summed E-state index contributed by atoms with van der Waals surface area (Å²) in [5.41, 5.74) is 1.00. The molecule has 0 bridgehead atoms. The Morgan fingerprint density at radius 2 is 2.06 bits per heavy atom. The number of hydrogen-bond donors (Lipinski definition) is 0. The van der Waals surface area contributed by atoms with Crippen LogP contribution in [0.25, 0.3) is 0 Å². The zero-order valence-corrected chi connectivity index (χ0v) is 11.0. The molecule has 0 amide bonds. The van der Waals surface area contributed by atoms with Gasteiger partial charge in [0.2, 0.25) is 0 Å². The molecule has 0 saturated heterocycles. The number of aryl methyl sites for hydroxylation is 1. The fourth-order valence-electron chi connectivity index (χ4n) is 1.43. The summed E-state index contributed by atoms with van der Waals surface area (Å²) in [5, 5.41) is 9.00. The van der Waals surface area contributed by atoms with Crippen LogP contribution < -0.4 is 4.74 Å². The van der Waals surface area contributed by atoms with Crippen LogP contribution in [0.2, 0.25) is 0 Å². The zero-order chi connectivity index (χ0) is 11.9. The van der Waals surface area contributed by atoms with Gasteiger partial charge in [0, 0.05) is 17.9 Å². The van der Waals surface area contributed by atoms with E-state index in [1.165, 1.54) is 0 Å². The second kappa shape index (κ2) is 6.39. The van der Waals surface area contributed by atoms with E-state index in [0.29, 0.717) is 13.2 Å². The summed E-state index contributed by atoms with van der Waals surface area (Å²) in [6.07, 6.45) is 2.86. The second-order valence-corrected chi connectivity index (χ2v) is 4.37. The van der Waals surface area contributed by atoms with Crippen LogP contribution in [0.4, 0.5) is 0 Å². The van der Waals surface area contributed by atoms with E-state index in [-0.39, 0.29) is 0 Å². The van der Waals surface area contributed by atoms with Crippen molar-refractivity contribution in [1.82, 2.24) is 15.0 Å². The van der Waals surface area contributed by atoms with Crippen LogP contribution in [0.3, 0.4) is 0 Å². The number of halogens is 1. The third kappa shape index (κ3) is 3.85. The summed E-state index contributed by atoms with van der Waals surface area (Å²) in [4.78, 5) is 0. The fraction of sp³-hybridized carbons (Fsp3) is 0.333. The van der Waals surface area contributed by atoms with Gasteiger partial charge < -0.3 is 4.74 Å². The quantitative estimate of drug-likeness (QED) is 0.768. The van der Waals surface area contributed by atoms with Gasteiger partial charge in [-0.05, 0) is 12.1 Å². The normalized spacial score (nSPS) is 10.4. The Kier molecular flexibility index (Phi) is 4.55. The van der Waals surface area contributed by atoms with Crippen molar-refractivity contribution in [3.63, 3.8) is 0 Å². The molecule has 0 unspecified atom stereocenters. The van der Waals surface area contributed by atoms with E-state index in [2.05, 4.69) is 26.2 Å². The van der Waals surface area contributed by atoms with Gasteiger partial charge in [-0.25, -0.2) is 4.68 Å². The molecule has 1 aromatic carbocycles. The van der Waals surface area contributed by atoms with Gasteiger partial charge in [-0.2, -0.15) is 0 Å². The largest absolute Gasteiger partial charge is 0.492 e. The molecular formula is C12H14BrN3O. The third-order valence-electron chi connectivity index (χ3n) is 2.27. The smallest absolute Gasteiger partial charge is 0.119 e. The van der Waals surface area contributed by atoms with Crippen molar-refractivity contribution in [2.24, 2.45) is 0 Å². The molecule has 1 heterocycles. The number of hydrogen-bond acceptors (Lipinski definition) is 3. The lowest BCUT2D eigenvalue weighted by molar-refractivity contribution is 0.289. The molecule has 17 heavy (non-hydrogen) atoms. The molecule has 1 aromatic heterocycles. The van der Waals surface area contributed by atoms with E-state index in [4.69, 9.17) is 4.74 Å². The van der Waals surface area contributed by atoms with E-state index in [1.54, 1.807) is 4.68 Å². The van der Waals surface area contributed by atoms with Crippen LogP contribution in [-0.2, 0) is 13.0 Å². The summed E-state index contributed by atoms with van der Waals surface area (Å²) in [5.74, 6) is 0.883. The number of benzene rings is 1. The summed E-state index contributed by atoms with van der Waals surface area (Å²) in [6, 6.07) is 9.77. The molecule has 0 saturated carbocycles. The first-order chi connectivity index (χ1) is 8.38. The average molecular weight is 296 g/mol. The van der Waals surface area contributed by atoms with Gasteiger partial charge in [0.15, 0.2) is 0 Å². The summed E-state index contributed by atoms with van der Waals surface area (Å²) >= 11 is 3.38. The molecule has 0 atom stereocenters. The topological polar surface area (TPSA) is 39.9 Å². The molecule has 4 nitrogen and oxygen atoms in total. The van der Waals surface area contributed by atoms with Crippen LogP contribution in [0.5, 0.6) is 5.75 Å². The van der Waals surface area contributed by atoms with E-state index in [1.807, 2.05) is 36.5 Å². The van der Waals surface area contributed by atoms with Crippen molar-refractivity contribution < 1.29 is 4.74 Å². The molecule has 5 heteroatoms. The Balaban J connectivity index is 1.78. The molecule has 0 aliphatic carbocycles. The highest BCUT2D eigenvalue weighted by Gasteiger charge is 1.99. The minimum Gasteiger partial charge on any atom is -0.492 e. The standard InChI is InChI=1S/C12H14BrN3O/c13-7-6-11-10-16(15-14-11)8-9-17-12-4-2-1-3-5-12/h1-5,10H,6-9H2. The predicted molar refractivity (Wildman–Crippen MR) is 69.5 cm³/mol. The van der Waals surface area contributed by atoms with E-state index >= 15 is 0 Å². The highest BCUT2D eigenvalue weighted by atomic mass is 79.9. The van der Waals surface area contributed by atoms with Crippen LogP contribution in [0.15, 0.2) is 36.5 Å². The van der Waals surface area contributed by atoms with Crippen molar-refractivity contribution in [3.05, 3.63) is 42.2 Å². The number of ether oxygens (including phenoxy) is 1. The first-order valence-electron chi connectivity index (χ1n) is 5.51. The van der Waals surface area contributed by atoms with E-state index in [0.717, 1.165) is 23.2 Å². The molecule has 0 aliphatic heterocycles. The SMILES string of the molecule is BrCCc1cn(CCOc2ccccc2)nn1. The van der Waals surface area contributed by atoms with Gasteiger partial charge in [-0.15, -0.1) is 5.10 Å². The summed E-state index contributed by atoms with van der Waals surface area (Å²) < 4.78 is 7.39. The number of nitrogens with zero attached hydrogens (tertiary/aromatic N) is 3. The van der Waals surface area contributed by atoms with Crippen molar-refractivity contribution in [3.8, 4) is 5.75 Å². The van der Waals surface area contributed by atoms with Crippen LogP contribution in [0.1, 0.15) is 5.69 Å². The summed E-state index contributed by atoms with van der Waals surface area (Å²) in [6.45, 7) is 1.31. The highest BCUT2D eigenvalue weighted by molar-refractivity contribution is 9.09. The lowest BCUT2D eigenvalue weighted by Gasteiger charge is -2.04. The monoisotopic (exact) mass is 295 g/mol. The Morgan fingerprint density at radius 1 is 1.24 bits per heavy atom. The predicted octanol–water partition coefficient (Wildman–Crippen LogP) is 2.29. The van der Waals surface area contributed by atoms with Gasteiger partial charge in [-0.3, -0.25) is 0 Å². The average Bonchev–Trinajstić information content (AvgIpc) is 2.79. The Labute approximate surface area is 109 Å². The van der Waals surface area contributed by atoms with Crippen molar-refractivity contribution in [2.45, 2.75) is 13.0 Å². The van der Waals surface area contributed by atoms with Crippen molar-refractivity contribution in [1.29, 1.82) is 0 Å². The lowest BCUT2D eigenvalue weighted by Crippen LogP contribution is -2.08. The molecule has 2 aromatic rings. The first-order valence-corrected chi connectivity index (χ1v) is 6.63. The molecule has 0 fully saturated rings. The van der Waals surface area contributed by atoms with Crippen LogP contribution >= 0.6 is 15.9 Å². The van der Waals surface area contributed by atoms with Crippen LogP contribution in [-0.4, -0.2) is 26.9 Å². The number of alkyl halides is 1. The minimum atomic E-state index is 0.598. The Morgan fingerprint density at radius 3 is 2.82 bits per heavy atom. The highest BCUT2D eigenvalue weighted by Crippen LogP contribution is 2.08. The van der Waals surface area contributed by atoms with Gasteiger partial charge in [0.05, 0.1) is 12.2 Å². The summed E-state index contributed by atoms with van der Waals surface area (Å²) in [7, 11) is 0. The zero-order valence-electron chi connectivity index (χ0n) is 9.42. The number of para-hydroxylation sites is 1. The molecule has 0 aliphatic rings. The minimum absolute atomic E-state index is 0.598. The van der Waals surface area contributed by atoms with E-state index < -0.39 is 0 Å². The maximum atomic E-state index is 5.58. The Bertz CT molecular complexity index is 444. The van der Waals surface area contributed by atoms with Gasteiger partial charge in [0.1, 0.15) is 12.4 Å². The second-order valence-electron chi connectivity index (χ2n) is 3.57. The maximum absolute atomic E-state index is 5.58. The van der Waals surface area contributed by atoms with E-state index in [9.17, 15) is 0 Å². The van der Waals surface area contributed by atoms with Crippen molar-refractivity contribution >= 4 is 15.9 Å². The lowest BCUT2D eigenvalue weighted by atomic mass is 10.3. The third-order valence-corrected chi connectivity index (χ3v) is 2.67. The van der Waals surface area contributed by atoms with Gasteiger partial charge in [-0.1, -0.05) is 39.3 Å². The van der Waals surface area contributed by atoms with Gasteiger partial charge >= 0.3 is 0 Å². The van der Waals surface area contributed by atoms with Crippen LogP contribution in [0, 0.1) is 0 Å². The Hall–Kier alpha value is -1.36. The molecule has 2 rings (SSSR count).